The van der Waals surface area contributed by atoms with Crippen molar-refractivity contribution in [1.82, 2.24) is 10.2 Å². The number of esters is 1. The van der Waals surface area contributed by atoms with E-state index in [1.54, 1.807) is 27.7 Å². The Morgan fingerprint density at radius 1 is 1.47 bits per heavy atom. The summed E-state index contributed by atoms with van der Waals surface area (Å²) in [5, 5.41) is 2.57. The standard InChI is InChI=1S/C11H18N2O4/c1-5-11(4)9(15)13(10(16)12-11)6-8(14)17-7(2)3/h7H,5-6H2,1-4H3,(H,12,16)/t11-/m0/s1. The number of imide groups is 1. The molecule has 0 unspecified atom stereocenters. The van der Waals surface area contributed by atoms with E-state index >= 15 is 0 Å². The van der Waals surface area contributed by atoms with Crippen molar-refractivity contribution in [2.24, 2.45) is 0 Å². The quantitative estimate of drug-likeness (QED) is 0.580. The minimum Gasteiger partial charge on any atom is -0.462 e. The topological polar surface area (TPSA) is 75.7 Å². The average molecular weight is 242 g/mol. The molecule has 1 rings (SSSR count). The molecule has 1 saturated heterocycles. The lowest BCUT2D eigenvalue weighted by Gasteiger charge is -2.19. The first kappa shape index (κ1) is 13.5. The summed E-state index contributed by atoms with van der Waals surface area (Å²) in [5.41, 5.74) is -0.908. The minimum absolute atomic E-state index is 0.263. The second kappa shape index (κ2) is 4.73. The number of amides is 3. The minimum atomic E-state index is -0.908. The van der Waals surface area contributed by atoms with Crippen LogP contribution in [0.1, 0.15) is 34.1 Å². The van der Waals surface area contributed by atoms with E-state index in [9.17, 15) is 14.4 Å². The van der Waals surface area contributed by atoms with Crippen LogP contribution in [0.15, 0.2) is 0 Å². The maximum absolute atomic E-state index is 11.9. The molecule has 1 N–H and O–H groups in total. The Balaban J connectivity index is 2.70. The number of carbonyl (C=O) groups excluding carboxylic acids is 3. The molecule has 1 heterocycles. The number of hydrogen-bond acceptors (Lipinski definition) is 4. The monoisotopic (exact) mass is 242 g/mol. The van der Waals surface area contributed by atoms with E-state index in [4.69, 9.17) is 4.74 Å². The summed E-state index contributed by atoms with van der Waals surface area (Å²) >= 11 is 0. The predicted molar refractivity (Wildman–Crippen MR) is 60.2 cm³/mol. The molecule has 0 saturated carbocycles. The second-order valence-electron chi connectivity index (χ2n) is 4.55. The number of nitrogens with zero attached hydrogens (tertiary/aromatic N) is 1. The van der Waals surface area contributed by atoms with Gasteiger partial charge >= 0.3 is 12.0 Å². The van der Waals surface area contributed by atoms with E-state index < -0.39 is 17.5 Å². The Labute approximate surface area is 100 Å². The van der Waals surface area contributed by atoms with Crippen LogP contribution in [0.2, 0.25) is 0 Å². The zero-order chi connectivity index (χ0) is 13.2. The SMILES string of the molecule is CC[C@]1(C)NC(=O)N(CC(=O)OC(C)C)C1=O. The van der Waals surface area contributed by atoms with Crippen molar-refractivity contribution >= 4 is 17.9 Å². The number of hydrogen-bond donors (Lipinski definition) is 1. The molecular weight excluding hydrogens is 224 g/mol. The molecule has 0 spiro atoms. The molecule has 96 valence electrons. The Morgan fingerprint density at radius 3 is 2.47 bits per heavy atom. The summed E-state index contributed by atoms with van der Waals surface area (Å²) in [4.78, 5) is 35.8. The molecule has 0 aromatic rings. The summed E-state index contributed by atoms with van der Waals surface area (Å²) in [7, 11) is 0. The molecule has 1 aliphatic rings. The highest BCUT2D eigenvalue weighted by atomic mass is 16.5. The van der Waals surface area contributed by atoms with Crippen LogP contribution in [0.3, 0.4) is 0 Å². The van der Waals surface area contributed by atoms with Crippen molar-refractivity contribution in [1.29, 1.82) is 0 Å². The number of rotatable bonds is 4. The van der Waals surface area contributed by atoms with Gasteiger partial charge in [0.1, 0.15) is 12.1 Å². The molecule has 0 aliphatic carbocycles. The van der Waals surface area contributed by atoms with Gasteiger partial charge in [-0.2, -0.15) is 0 Å². The summed E-state index contributed by atoms with van der Waals surface area (Å²) in [5.74, 6) is -0.963. The Hall–Kier alpha value is -1.59. The Kier molecular flexibility index (Phi) is 3.75. The van der Waals surface area contributed by atoms with E-state index in [1.165, 1.54) is 0 Å². The number of urea groups is 1. The third-order valence-electron chi connectivity index (χ3n) is 2.71. The van der Waals surface area contributed by atoms with Crippen molar-refractivity contribution in [3.8, 4) is 0 Å². The van der Waals surface area contributed by atoms with E-state index in [0.717, 1.165) is 4.90 Å². The first-order valence-electron chi connectivity index (χ1n) is 5.63. The summed E-state index contributed by atoms with van der Waals surface area (Å²) < 4.78 is 4.90. The lowest BCUT2D eigenvalue weighted by atomic mass is 9.99. The molecule has 0 bridgehead atoms. The van der Waals surface area contributed by atoms with E-state index in [2.05, 4.69) is 5.32 Å². The number of ether oxygens (including phenoxy) is 1. The van der Waals surface area contributed by atoms with Crippen LogP contribution in [-0.4, -0.2) is 41.0 Å². The van der Waals surface area contributed by atoms with Crippen LogP contribution < -0.4 is 5.32 Å². The highest BCUT2D eigenvalue weighted by Crippen LogP contribution is 2.20. The van der Waals surface area contributed by atoms with Gasteiger partial charge in [0.05, 0.1) is 6.10 Å². The van der Waals surface area contributed by atoms with Gasteiger partial charge < -0.3 is 10.1 Å². The van der Waals surface area contributed by atoms with E-state index in [0.29, 0.717) is 6.42 Å². The molecule has 0 radical (unpaired) electrons. The van der Waals surface area contributed by atoms with Gasteiger partial charge in [0.15, 0.2) is 0 Å². The van der Waals surface area contributed by atoms with Gasteiger partial charge in [0.2, 0.25) is 0 Å². The van der Waals surface area contributed by atoms with Crippen LogP contribution >= 0.6 is 0 Å². The Morgan fingerprint density at radius 2 is 2.06 bits per heavy atom. The molecule has 3 amide bonds. The van der Waals surface area contributed by atoms with Crippen molar-refractivity contribution in [2.75, 3.05) is 6.54 Å². The molecule has 0 aromatic heterocycles. The van der Waals surface area contributed by atoms with Gasteiger partial charge in [-0.3, -0.25) is 14.5 Å². The van der Waals surface area contributed by atoms with Crippen LogP contribution in [0.25, 0.3) is 0 Å². The lowest BCUT2D eigenvalue weighted by Crippen LogP contribution is -2.43. The molecule has 6 heteroatoms. The largest absolute Gasteiger partial charge is 0.462 e. The zero-order valence-electron chi connectivity index (χ0n) is 10.6. The van der Waals surface area contributed by atoms with Crippen molar-refractivity contribution in [2.45, 2.75) is 45.8 Å². The third kappa shape index (κ3) is 2.75. The van der Waals surface area contributed by atoms with Crippen molar-refractivity contribution in [3.63, 3.8) is 0 Å². The lowest BCUT2D eigenvalue weighted by molar-refractivity contribution is -0.150. The van der Waals surface area contributed by atoms with Gasteiger partial charge in [-0.1, -0.05) is 6.92 Å². The summed E-state index contributed by atoms with van der Waals surface area (Å²) in [6, 6.07) is -0.542. The highest BCUT2D eigenvalue weighted by Gasteiger charge is 2.47. The van der Waals surface area contributed by atoms with Gasteiger partial charge in [-0.05, 0) is 27.2 Å². The van der Waals surface area contributed by atoms with Crippen LogP contribution in [0.4, 0.5) is 4.79 Å². The normalized spacial score (nSPS) is 24.2. The Bertz CT molecular complexity index is 353. The van der Waals surface area contributed by atoms with Gasteiger partial charge in [0, 0.05) is 0 Å². The first-order valence-corrected chi connectivity index (χ1v) is 5.63. The van der Waals surface area contributed by atoms with Crippen molar-refractivity contribution in [3.05, 3.63) is 0 Å². The second-order valence-corrected chi connectivity index (χ2v) is 4.55. The first-order chi connectivity index (χ1) is 7.80. The van der Waals surface area contributed by atoms with Crippen LogP contribution in [0, 0.1) is 0 Å². The molecule has 0 aromatic carbocycles. The van der Waals surface area contributed by atoms with Crippen LogP contribution in [0.5, 0.6) is 0 Å². The summed E-state index contributed by atoms with van der Waals surface area (Å²) in [6.07, 6.45) is 0.216. The predicted octanol–water partition coefficient (Wildman–Crippen LogP) is 0.658. The maximum atomic E-state index is 11.9. The zero-order valence-corrected chi connectivity index (χ0v) is 10.6. The number of carbonyl (C=O) groups is 3. The highest BCUT2D eigenvalue weighted by molar-refractivity contribution is 6.08. The number of nitrogens with one attached hydrogen (secondary N) is 1. The molecule has 1 atom stereocenters. The van der Waals surface area contributed by atoms with Gasteiger partial charge in [0.25, 0.3) is 5.91 Å². The summed E-state index contributed by atoms with van der Waals surface area (Å²) in [6.45, 7) is 6.52. The van der Waals surface area contributed by atoms with Crippen molar-refractivity contribution < 1.29 is 19.1 Å². The third-order valence-corrected chi connectivity index (χ3v) is 2.71. The average Bonchev–Trinajstić information content (AvgIpc) is 2.42. The smallest absolute Gasteiger partial charge is 0.326 e. The fourth-order valence-corrected chi connectivity index (χ4v) is 1.56. The fourth-order valence-electron chi connectivity index (χ4n) is 1.56. The van der Waals surface area contributed by atoms with Gasteiger partial charge in [-0.25, -0.2) is 4.79 Å². The van der Waals surface area contributed by atoms with E-state index in [1.807, 2.05) is 0 Å². The molecular formula is C11H18N2O4. The fraction of sp³-hybridized carbons (Fsp3) is 0.727. The van der Waals surface area contributed by atoms with Crippen LogP contribution in [-0.2, 0) is 14.3 Å². The van der Waals surface area contributed by atoms with Gasteiger partial charge in [-0.15, -0.1) is 0 Å². The molecule has 1 fully saturated rings. The molecule has 6 nitrogen and oxygen atoms in total. The maximum Gasteiger partial charge on any atom is 0.326 e. The molecule has 17 heavy (non-hydrogen) atoms. The van der Waals surface area contributed by atoms with E-state index in [-0.39, 0.29) is 18.6 Å². The molecule has 1 aliphatic heterocycles.